The number of nitrogens with one attached hydrogen (secondary N) is 2. The quantitative estimate of drug-likeness (QED) is 0.604. The van der Waals surface area contributed by atoms with E-state index < -0.39 is 0 Å². The third kappa shape index (κ3) is 2.40. The molecule has 0 saturated carbocycles. The fourth-order valence-electron chi connectivity index (χ4n) is 2.29. The summed E-state index contributed by atoms with van der Waals surface area (Å²) in [5, 5.41) is 4.32. The van der Waals surface area contributed by atoms with Crippen molar-refractivity contribution in [2.45, 2.75) is 0 Å². The molecule has 4 aromatic rings. The van der Waals surface area contributed by atoms with Crippen molar-refractivity contribution >= 4 is 22.5 Å². The average Bonchev–Trinajstić information content (AvgIpc) is 3.04. The van der Waals surface area contributed by atoms with Crippen molar-refractivity contribution in [1.29, 1.82) is 0 Å². The summed E-state index contributed by atoms with van der Waals surface area (Å²) in [6.45, 7) is 0. The molecular weight excluding hydrogens is 274 g/mol. The van der Waals surface area contributed by atoms with Crippen molar-refractivity contribution in [3.8, 4) is 11.3 Å². The van der Waals surface area contributed by atoms with Gasteiger partial charge in [-0.3, -0.25) is 4.98 Å². The van der Waals surface area contributed by atoms with Crippen molar-refractivity contribution in [3.63, 3.8) is 0 Å². The maximum absolute atomic E-state index is 4.53. The van der Waals surface area contributed by atoms with Gasteiger partial charge in [0.05, 0.1) is 11.9 Å². The number of anilines is 2. The molecule has 3 aromatic heterocycles. The molecule has 105 valence electrons. The second-order valence-electron chi connectivity index (χ2n) is 4.85. The highest BCUT2D eigenvalue weighted by atomic mass is 15.1. The van der Waals surface area contributed by atoms with Gasteiger partial charge in [0.15, 0.2) is 0 Å². The molecule has 0 aliphatic carbocycles. The molecule has 22 heavy (non-hydrogen) atoms. The second kappa shape index (κ2) is 5.29. The van der Waals surface area contributed by atoms with Crippen LogP contribution in [0.4, 0.5) is 11.6 Å². The van der Waals surface area contributed by atoms with Crippen LogP contribution in [0.15, 0.2) is 61.1 Å². The van der Waals surface area contributed by atoms with Crippen LogP contribution in [0.1, 0.15) is 0 Å². The summed E-state index contributed by atoms with van der Waals surface area (Å²) in [6, 6.07) is 13.6. The lowest BCUT2D eigenvalue weighted by Gasteiger charge is -2.06. The van der Waals surface area contributed by atoms with Crippen LogP contribution in [0.25, 0.3) is 22.2 Å². The molecule has 0 spiro atoms. The van der Waals surface area contributed by atoms with E-state index in [2.05, 4.69) is 31.4 Å². The molecule has 5 nitrogen and oxygen atoms in total. The normalized spacial score (nSPS) is 10.7. The summed E-state index contributed by atoms with van der Waals surface area (Å²) in [7, 11) is 0. The highest BCUT2D eigenvalue weighted by Crippen LogP contribution is 2.21. The minimum Gasteiger partial charge on any atom is -0.353 e. The van der Waals surface area contributed by atoms with E-state index in [1.54, 1.807) is 18.6 Å². The Morgan fingerprint density at radius 1 is 1.09 bits per heavy atom. The SMILES string of the molecule is [c]1cc2cc(Nc3nccc(-c4cccnc4)n3)ccc2[nH]1. The van der Waals surface area contributed by atoms with Gasteiger partial charge in [0.1, 0.15) is 0 Å². The molecule has 1 radical (unpaired) electrons. The Labute approximate surface area is 127 Å². The first-order valence-corrected chi connectivity index (χ1v) is 6.88. The first kappa shape index (κ1) is 12.5. The van der Waals surface area contributed by atoms with Crippen LogP contribution in [0.2, 0.25) is 0 Å². The number of fused-ring (bicyclic) bond motifs is 1. The van der Waals surface area contributed by atoms with Crippen molar-refractivity contribution < 1.29 is 0 Å². The van der Waals surface area contributed by atoms with Crippen LogP contribution in [-0.2, 0) is 0 Å². The van der Waals surface area contributed by atoms with Crippen molar-refractivity contribution in [2.75, 3.05) is 5.32 Å². The van der Waals surface area contributed by atoms with Gasteiger partial charge in [-0.15, -0.1) is 0 Å². The van der Waals surface area contributed by atoms with Gasteiger partial charge in [-0.05, 0) is 42.5 Å². The summed E-state index contributed by atoms with van der Waals surface area (Å²) in [5.41, 5.74) is 3.78. The lowest BCUT2D eigenvalue weighted by atomic mass is 10.2. The molecule has 0 unspecified atom stereocenters. The van der Waals surface area contributed by atoms with Gasteiger partial charge in [-0.2, -0.15) is 0 Å². The number of pyridine rings is 1. The Bertz CT molecular complexity index is 914. The first-order chi connectivity index (χ1) is 10.9. The van der Waals surface area contributed by atoms with Crippen molar-refractivity contribution in [3.05, 3.63) is 67.3 Å². The van der Waals surface area contributed by atoms with E-state index in [1.165, 1.54) is 0 Å². The number of aromatic amines is 1. The zero-order valence-corrected chi connectivity index (χ0v) is 11.6. The van der Waals surface area contributed by atoms with E-state index in [1.807, 2.05) is 42.5 Å². The molecule has 2 N–H and O–H groups in total. The van der Waals surface area contributed by atoms with E-state index in [0.29, 0.717) is 5.95 Å². The molecule has 5 heteroatoms. The smallest absolute Gasteiger partial charge is 0.227 e. The van der Waals surface area contributed by atoms with Crippen LogP contribution < -0.4 is 5.32 Å². The minimum atomic E-state index is 0.556. The highest BCUT2D eigenvalue weighted by Gasteiger charge is 2.03. The van der Waals surface area contributed by atoms with Gasteiger partial charge in [-0.25, -0.2) is 9.97 Å². The van der Waals surface area contributed by atoms with Gasteiger partial charge in [-0.1, -0.05) is 0 Å². The third-order valence-corrected chi connectivity index (χ3v) is 3.36. The largest absolute Gasteiger partial charge is 0.353 e. The topological polar surface area (TPSA) is 66.5 Å². The molecule has 3 heterocycles. The lowest BCUT2D eigenvalue weighted by molar-refractivity contribution is 1.16. The van der Waals surface area contributed by atoms with E-state index in [0.717, 1.165) is 27.8 Å². The molecule has 0 bridgehead atoms. The standard InChI is InChI=1S/C17H12N5/c1-2-13(11-18-7-1)16-6-9-20-17(22-16)21-14-3-4-15-12(10-14)5-8-19-15/h1-7,9-11,19H,(H,20,21,22). The summed E-state index contributed by atoms with van der Waals surface area (Å²) in [4.78, 5) is 16.0. The number of aromatic nitrogens is 4. The Balaban J connectivity index is 1.65. The summed E-state index contributed by atoms with van der Waals surface area (Å²) >= 11 is 0. The molecular formula is C17H12N5. The zero-order valence-electron chi connectivity index (χ0n) is 11.6. The molecule has 0 aliphatic rings. The second-order valence-corrected chi connectivity index (χ2v) is 4.85. The van der Waals surface area contributed by atoms with E-state index in [9.17, 15) is 0 Å². The van der Waals surface area contributed by atoms with Crippen LogP contribution in [0.3, 0.4) is 0 Å². The molecule has 0 amide bonds. The average molecular weight is 286 g/mol. The fraction of sp³-hybridized carbons (Fsp3) is 0. The molecule has 4 rings (SSSR count). The monoisotopic (exact) mass is 286 g/mol. The molecule has 0 aliphatic heterocycles. The highest BCUT2D eigenvalue weighted by molar-refractivity contribution is 5.83. The predicted octanol–water partition coefficient (Wildman–Crippen LogP) is 3.56. The van der Waals surface area contributed by atoms with E-state index >= 15 is 0 Å². The van der Waals surface area contributed by atoms with Gasteiger partial charge >= 0.3 is 0 Å². The number of H-pyrrole nitrogens is 1. The Hall–Kier alpha value is -3.21. The third-order valence-electron chi connectivity index (χ3n) is 3.36. The minimum absolute atomic E-state index is 0.556. The molecule has 0 fully saturated rings. The maximum Gasteiger partial charge on any atom is 0.227 e. The van der Waals surface area contributed by atoms with Crippen LogP contribution in [0.5, 0.6) is 0 Å². The first-order valence-electron chi connectivity index (χ1n) is 6.88. The van der Waals surface area contributed by atoms with E-state index in [4.69, 9.17) is 0 Å². The Morgan fingerprint density at radius 2 is 2.09 bits per heavy atom. The van der Waals surface area contributed by atoms with Crippen molar-refractivity contribution in [1.82, 2.24) is 19.9 Å². The van der Waals surface area contributed by atoms with Crippen LogP contribution in [-0.4, -0.2) is 19.9 Å². The number of hydrogen-bond donors (Lipinski definition) is 2. The van der Waals surface area contributed by atoms with Crippen molar-refractivity contribution in [2.24, 2.45) is 0 Å². The number of hydrogen-bond acceptors (Lipinski definition) is 4. The number of benzene rings is 1. The summed E-state index contributed by atoms with van der Waals surface area (Å²) in [6.07, 6.45) is 8.23. The zero-order chi connectivity index (χ0) is 14.8. The number of rotatable bonds is 3. The fourth-order valence-corrected chi connectivity index (χ4v) is 2.29. The maximum atomic E-state index is 4.53. The Morgan fingerprint density at radius 3 is 3.00 bits per heavy atom. The van der Waals surface area contributed by atoms with Crippen LogP contribution in [0, 0.1) is 6.20 Å². The Kier molecular flexibility index (Phi) is 3.01. The summed E-state index contributed by atoms with van der Waals surface area (Å²) < 4.78 is 0. The summed E-state index contributed by atoms with van der Waals surface area (Å²) in [5.74, 6) is 0.556. The molecule has 1 aromatic carbocycles. The molecule has 0 saturated heterocycles. The van der Waals surface area contributed by atoms with Gasteiger partial charge < -0.3 is 10.3 Å². The number of nitrogens with zero attached hydrogens (tertiary/aromatic N) is 3. The van der Waals surface area contributed by atoms with E-state index in [-0.39, 0.29) is 0 Å². The lowest BCUT2D eigenvalue weighted by Crippen LogP contribution is -1.97. The van der Waals surface area contributed by atoms with Gasteiger partial charge in [0.25, 0.3) is 0 Å². The van der Waals surface area contributed by atoms with Gasteiger partial charge in [0, 0.05) is 40.7 Å². The van der Waals surface area contributed by atoms with Crippen LogP contribution >= 0.6 is 0 Å². The predicted molar refractivity (Wildman–Crippen MR) is 85.7 cm³/mol. The van der Waals surface area contributed by atoms with Gasteiger partial charge in [0.2, 0.25) is 5.95 Å². The molecule has 0 atom stereocenters.